The lowest BCUT2D eigenvalue weighted by atomic mass is 9.99. The van der Waals surface area contributed by atoms with Gasteiger partial charge in [0.25, 0.3) is 0 Å². The Bertz CT molecular complexity index is 627. The van der Waals surface area contributed by atoms with Crippen molar-refractivity contribution in [3.63, 3.8) is 0 Å². The normalized spacial score (nSPS) is 14.8. The van der Waals surface area contributed by atoms with Gasteiger partial charge in [0.15, 0.2) is 0 Å². The summed E-state index contributed by atoms with van der Waals surface area (Å²) in [6.45, 7) is 2.96. The monoisotopic (exact) mass is 283 g/mol. The van der Waals surface area contributed by atoms with Crippen molar-refractivity contribution in [2.24, 2.45) is 0 Å². The summed E-state index contributed by atoms with van der Waals surface area (Å²) in [5.41, 5.74) is 5.04. The van der Waals surface area contributed by atoms with E-state index in [4.69, 9.17) is 4.74 Å². The summed E-state index contributed by atoms with van der Waals surface area (Å²) in [5, 5.41) is 3.50. The fraction of sp³-hybridized carbons (Fsp3) is 0.412. The van der Waals surface area contributed by atoms with Crippen molar-refractivity contribution < 1.29 is 4.74 Å². The van der Waals surface area contributed by atoms with Crippen molar-refractivity contribution in [2.45, 2.75) is 32.2 Å². The molecule has 1 heterocycles. The highest BCUT2D eigenvalue weighted by molar-refractivity contribution is 5.40. The van der Waals surface area contributed by atoms with Crippen molar-refractivity contribution in [1.29, 1.82) is 0 Å². The molecule has 1 aliphatic rings. The first-order valence-electron chi connectivity index (χ1n) is 7.53. The maximum atomic E-state index is 5.37. The van der Waals surface area contributed by atoms with Gasteiger partial charge in [0.05, 0.1) is 13.2 Å². The van der Waals surface area contributed by atoms with Gasteiger partial charge < -0.3 is 10.1 Å². The fourth-order valence-electron chi connectivity index (χ4n) is 3.04. The van der Waals surface area contributed by atoms with E-state index in [9.17, 15) is 0 Å². The van der Waals surface area contributed by atoms with Gasteiger partial charge in [0.2, 0.25) is 5.88 Å². The summed E-state index contributed by atoms with van der Waals surface area (Å²) >= 11 is 0. The molecule has 1 aliphatic carbocycles. The Morgan fingerprint density at radius 1 is 1.19 bits per heavy atom. The van der Waals surface area contributed by atoms with Crippen molar-refractivity contribution >= 4 is 0 Å². The molecule has 4 nitrogen and oxygen atoms in total. The lowest BCUT2D eigenvalue weighted by Crippen LogP contribution is -2.24. The molecule has 1 N–H and O–H groups in total. The molecule has 1 aromatic carbocycles. The predicted octanol–water partition coefficient (Wildman–Crippen LogP) is 2.67. The number of aryl methyl sites for hydroxylation is 2. The molecule has 1 atom stereocenters. The lowest BCUT2D eigenvalue weighted by Gasteiger charge is -2.20. The van der Waals surface area contributed by atoms with Crippen LogP contribution in [0.4, 0.5) is 0 Å². The molecular formula is C17H21N3O. The molecule has 0 saturated carbocycles. The van der Waals surface area contributed by atoms with E-state index < -0.39 is 0 Å². The minimum atomic E-state index is 0.0181. The van der Waals surface area contributed by atoms with Crippen LogP contribution in [0.1, 0.15) is 41.8 Å². The smallest absolute Gasteiger partial charge is 0.237 e. The molecule has 3 rings (SSSR count). The number of nitrogens with zero attached hydrogens (tertiary/aromatic N) is 2. The first-order valence-corrected chi connectivity index (χ1v) is 7.53. The van der Waals surface area contributed by atoms with E-state index in [1.807, 2.05) is 0 Å². The Labute approximate surface area is 125 Å². The van der Waals surface area contributed by atoms with Crippen LogP contribution in [-0.2, 0) is 12.8 Å². The zero-order chi connectivity index (χ0) is 14.7. The van der Waals surface area contributed by atoms with Crippen molar-refractivity contribution in [3.8, 4) is 5.88 Å². The van der Waals surface area contributed by atoms with E-state index in [1.54, 1.807) is 19.5 Å². The highest BCUT2D eigenvalue weighted by Gasteiger charge is 2.21. The molecule has 0 radical (unpaired) electrons. The van der Waals surface area contributed by atoms with Crippen LogP contribution in [-0.4, -0.2) is 23.6 Å². The number of ether oxygens (including phenoxy) is 1. The quantitative estimate of drug-likeness (QED) is 0.916. The van der Waals surface area contributed by atoms with Gasteiger partial charge in [-0.1, -0.05) is 25.1 Å². The maximum absolute atomic E-state index is 5.37. The fourth-order valence-corrected chi connectivity index (χ4v) is 3.04. The molecule has 4 heteroatoms. The van der Waals surface area contributed by atoms with Crippen molar-refractivity contribution in [2.75, 3.05) is 13.7 Å². The molecule has 2 aromatic rings. The summed E-state index contributed by atoms with van der Waals surface area (Å²) in [5.74, 6) is 0.587. The number of benzene rings is 1. The molecule has 0 bridgehead atoms. The van der Waals surface area contributed by atoms with Crippen LogP contribution in [0.25, 0.3) is 0 Å². The summed E-state index contributed by atoms with van der Waals surface area (Å²) < 4.78 is 5.37. The van der Waals surface area contributed by atoms with E-state index in [1.165, 1.54) is 36.0 Å². The van der Waals surface area contributed by atoms with E-state index in [0.29, 0.717) is 5.88 Å². The molecule has 21 heavy (non-hydrogen) atoms. The van der Waals surface area contributed by atoms with Crippen molar-refractivity contribution in [3.05, 3.63) is 53.0 Å². The van der Waals surface area contributed by atoms with Gasteiger partial charge in [-0.25, -0.2) is 4.98 Å². The van der Waals surface area contributed by atoms with E-state index in [0.717, 1.165) is 12.2 Å². The number of nitrogens with one attached hydrogen (secondary N) is 1. The minimum Gasteiger partial charge on any atom is -0.480 e. The van der Waals surface area contributed by atoms with Crippen molar-refractivity contribution in [1.82, 2.24) is 15.3 Å². The molecule has 0 saturated heterocycles. The summed E-state index contributed by atoms with van der Waals surface area (Å²) in [7, 11) is 1.64. The van der Waals surface area contributed by atoms with Gasteiger partial charge >= 0.3 is 0 Å². The van der Waals surface area contributed by atoms with Gasteiger partial charge in [-0.2, -0.15) is 0 Å². The molecular weight excluding hydrogens is 262 g/mol. The zero-order valence-electron chi connectivity index (χ0n) is 12.6. The first kappa shape index (κ1) is 14.0. The van der Waals surface area contributed by atoms with E-state index >= 15 is 0 Å². The molecule has 1 unspecified atom stereocenters. The molecule has 0 aliphatic heterocycles. The number of hydrogen-bond acceptors (Lipinski definition) is 4. The minimum absolute atomic E-state index is 0.0181. The SMILES string of the molecule is CCNC(c1ccc2c(c1)CCC2)c1nccnc1OC. The Balaban J connectivity index is 2.01. The standard InChI is InChI=1S/C17H21N3O/c1-3-18-15(16-17(21-2)20-10-9-19-16)14-8-7-12-5-4-6-13(12)11-14/h7-11,15,18H,3-6H2,1-2H3. The molecule has 110 valence electrons. The van der Waals surface area contributed by atoms with Crippen LogP contribution >= 0.6 is 0 Å². The van der Waals surface area contributed by atoms with Gasteiger partial charge in [0.1, 0.15) is 5.69 Å². The summed E-state index contributed by atoms with van der Waals surface area (Å²) in [6, 6.07) is 6.78. The maximum Gasteiger partial charge on any atom is 0.237 e. The van der Waals surface area contributed by atoms with Crippen LogP contribution in [0.5, 0.6) is 5.88 Å². The molecule has 0 fully saturated rings. The highest BCUT2D eigenvalue weighted by atomic mass is 16.5. The Kier molecular flexibility index (Phi) is 4.15. The summed E-state index contributed by atoms with van der Waals surface area (Å²) in [4.78, 5) is 8.76. The number of fused-ring (bicyclic) bond motifs is 1. The van der Waals surface area contributed by atoms with E-state index in [-0.39, 0.29) is 6.04 Å². The second kappa shape index (κ2) is 6.22. The van der Waals surface area contributed by atoms with Crippen LogP contribution in [0.15, 0.2) is 30.6 Å². The lowest BCUT2D eigenvalue weighted by molar-refractivity contribution is 0.383. The van der Waals surface area contributed by atoms with Crippen LogP contribution in [0, 0.1) is 0 Å². The molecule has 1 aromatic heterocycles. The Morgan fingerprint density at radius 3 is 2.81 bits per heavy atom. The number of aromatic nitrogens is 2. The third kappa shape index (κ3) is 2.76. The third-order valence-electron chi connectivity index (χ3n) is 4.02. The topological polar surface area (TPSA) is 47.0 Å². The van der Waals surface area contributed by atoms with Crippen LogP contribution in [0.2, 0.25) is 0 Å². The Morgan fingerprint density at radius 2 is 2.00 bits per heavy atom. The second-order valence-electron chi connectivity index (χ2n) is 5.32. The number of methoxy groups -OCH3 is 1. The first-order chi connectivity index (χ1) is 10.3. The third-order valence-corrected chi connectivity index (χ3v) is 4.02. The highest BCUT2D eigenvalue weighted by Crippen LogP contribution is 2.30. The second-order valence-corrected chi connectivity index (χ2v) is 5.32. The largest absolute Gasteiger partial charge is 0.480 e. The van der Waals surface area contributed by atoms with Gasteiger partial charge in [-0.05, 0) is 42.5 Å². The van der Waals surface area contributed by atoms with E-state index in [2.05, 4.69) is 40.4 Å². The van der Waals surface area contributed by atoms with Gasteiger partial charge in [-0.3, -0.25) is 4.98 Å². The average Bonchev–Trinajstić information content (AvgIpc) is 3.00. The zero-order valence-corrected chi connectivity index (χ0v) is 12.6. The van der Waals surface area contributed by atoms with Gasteiger partial charge in [0, 0.05) is 12.4 Å². The summed E-state index contributed by atoms with van der Waals surface area (Å²) in [6.07, 6.45) is 7.03. The number of rotatable bonds is 5. The molecule has 0 spiro atoms. The van der Waals surface area contributed by atoms with Crippen LogP contribution in [0.3, 0.4) is 0 Å². The van der Waals surface area contributed by atoms with Crippen LogP contribution < -0.4 is 10.1 Å². The molecule has 0 amide bonds. The average molecular weight is 283 g/mol. The number of hydrogen-bond donors (Lipinski definition) is 1. The Hall–Kier alpha value is -1.94. The predicted molar refractivity (Wildman–Crippen MR) is 82.6 cm³/mol. The van der Waals surface area contributed by atoms with Gasteiger partial charge in [-0.15, -0.1) is 0 Å².